The second-order valence-electron chi connectivity index (χ2n) is 4.85. The largest absolute Gasteiger partial charge is 0.389 e. The van der Waals surface area contributed by atoms with Gasteiger partial charge in [0.25, 0.3) is 0 Å². The molecule has 5 nitrogen and oxygen atoms in total. The fraction of sp³-hybridized carbons (Fsp3) is 0.462. The minimum absolute atomic E-state index is 0.0381. The van der Waals surface area contributed by atoms with Crippen LogP contribution in [0.4, 0.5) is 0 Å². The van der Waals surface area contributed by atoms with Gasteiger partial charge in [-0.05, 0) is 25.0 Å². The van der Waals surface area contributed by atoms with Gasteiger partial charge >= 0.3 is 0 Å². The van der Waals surface area contributed by atoms with E-state index in [9.17, 15) is 8.42 Å². The first-order valence-corrected chi connectivity index (χ1v) is 8.14. The Morgan fingerprint density at radius 1 is 1.50 bits per heavy atom. The van der Waals surface area contributed by atoms with Crippen LogP contribution in [0.2, 0.25) is 0 Å². The lowest BCUT2D eigenvalue weighted by molar-refractivity contribution is 0.115. The van der Waals surface area contributed by atoms with E-state index in [-0.39, 0.29) is 16.0 Å². The van der Waals surface area contributed by atoms with Gasteiger partial charge < -0.3 is 10.5 Å². The number of nitrogens with zero attached hydrogens (tertiary/aromatic N) is 1. The molecule has 0 bridgehead atoms. The Hall–Kier alpha value is -1.02. The molecule has 1 aromatic rings. The van der Waals surface area contributed by atoms with Crippen LogP contribution in [0.1, 0.15) is 17.5 Å². The molecule has 2 N–H and O–H groups in total. The van der Waals surface area contributed by atoms with Crippen LogP contribution in [0.15, 0.2) is 23.1 Å². The lowest BCUT2D eigenvalue weighted by Crippen LogP contribution is -2.30. The number of methoxy groups -OCH3 is 1. The van der Waals surface area contributed by atoms with Crippen molar-refractivity contribution in [2.75, 3.05) is 20.2 Å². The third-order valence-electron chi connectivity index (χ3n) is 3.53. The number of rotatable bonds is 4. The first-order valence-electron chi connectivity index (χ1n) is 6.29. The van der Waals surface area contributed by atoms with Crippen molar-refractivity contribution < 1.29 is 13.2 Å². The summed E-state index contributed by atoms with van der Waals surface area (Å²) in [4.78, 5) is 0.456. The quantitative estimate of drug-likeness (QED) is 0.841. The number of thiocarbonyl (C=S) groups is 1. The van der Waals surface area contributed by atoms with Crippen molar-refractivity contribution in [2.45, 2.75) is 24.3 Å². The van der Waals surface area contributed by atoms with Gasteiger partial charge in [-0.2, -0.15) is 4.31 Å². The number of hydrogen-bond acceptors (Lipinski definition) is 4. The maximum absolute atomic E-state index is 12.7. The summed E-state index contributed by atoms with van der Waals surface area (Å²) in [5.41, 5.74) is 6.82. The zero-order chi connectivity index (χ0) is 14.9. The zero-order valence-corrected chi connectivity index (χ0v) is 13.1. The van der Waals surface area contributed by atoms with Crippen LogP contribution < -0.4 is 5.73 Å². The summed E-state index contributed by atoms with van der Waals surface area (Å²) < 4.78 is 32.0. The molecule has 110 valence electrons. The Morgan fingerprint density at radius 2 is 2.20 bits per heavy atom. The van der Waals surface area contributed by atoms with Crippen LogP contribution >= 0.6 is 12.2 Å². The summed E-state index contributed by atoms with van der Waals surface area (Å²) in [6.45, 7) is 2.62. The van der Waals surface area contributed by atoms with E-state index >= 15 is 0 Å². The number of aryl methyl sites for hydroxylation is 1. The summed E-state index contributed by atoms with van der Waals surface area (Å²) >= 11 is 4.91. The fourth-order valence-electron chi connectivity index (χ4n) is 2.28. The van der Waals surface area contributed by atoms with Gasteiger partial charge in [0.15, 0.2) is 0 Å². The molecule has 1 aromatic carbocycles. The van der Waals surface area contributed by atoms with Crippen LogP contribution in [0, 0.1) is 6.92 Å². The van der Waals surface area contributed by atoms with Crippen molar-refractivity contribution in [1.29, 1.82) is 0 Å². The maximum Gasteiger partial charge on any atom is 0.243 e. The molecule has 1 unspecified atom stereocenters. The highest BCUT2D eigenvalue weighted by atomic mass is 32.2. The van der Waals surface area contributed by atoms with E-state index in [1.54, 1.807) is 32.2 Å². The van der Waals surface area contributed by atoms with Gasteiger partial charge in [-0.3, -0.25) is 0 Å². The third kappa shape index (κ3) is 2.85. The van der Waals surface area contributed by atoms with Gasteiger partial charge in [0, 0.05) is 25.8 Å². The van der Waals surface area contributed by atoms with Gasteiger partial charge in [-0.15, -0.1) is 0 Å². The topological polar surface area (TPSA) is 72.6 Å². The molecule has 1 saturated heterocycles. The van der Waals surface area contributed by atoms with Crippen LogP contribution in [0.3, 0.4) is 0 Å². The zero-order valence-electron chi connectivity index (χ0n) is 11.5. The maximum atomic E-state index is 12.7. The summed E-state index contributed by atoms with van der Waals surface area (Å²) in [6, 6.07) is 5.01. The molecule has 1 heterocycles. The monoisotopic (exact) mass is 314 g/mol. The highest BCUT2D eigenvalue weighted by Crippen LogP contribution is 2.25. The summed E-state index contributed by atoms with van der Waals surface area (Å²) in [7, 11) is -1.93. The molecule has 0 spiro atoms. The van der Waals surface area contributed by atoms with Crippen molar-refractivity contribution in [3.63, 3.8) is 0 Å². The summed E-state index contributed by atoms with van der Waals surface area (Å²) in [5.74, 6) is 0. The van der Waals surface area contributed by atoms with Crippen molar-refractivity contribution >= 4 is 27.2 Å². The molecule has 1 atom stereocenters. The SMILES string of the molecule is COC1CCN(S(=O)(=O)c2cc(C(N)=S)ccc2C)C1. The van der Waals surface area contributed by atoms with Gasteiger partial charge in [0.05, 0.1) is 11.0 Å². The van der Waals surface area contributed by atoms with E-state index in [0.717, 1.165) is 0 Å². The van der Waals surface area contributed by atoms with Crippen LogP contribution in [-0.2, 0) is 14.8 Å². The molecule has 2 rings (SSSR count). The molecule has 1 aliphatic rings. The van der Waals surface area contributed by atoms with E-state index in [4.69, 9.17) is 22.7 Å². The number of sulfonamides is 1. The predicted octanol–water partition coefficient (Wildman–Crippen LogP) is 1.04. The van der Waals surface area contributed by atoms with E-state index in [1.807, 2.05) is 0 Å². The van der Waals surface area contributed by atoms with Crippen LogP contribution in [0.5, 0.6) is 0 Å². The summed E-state index contributed by atoms with van der Waals surface area (Å²) in [6.07, 6.45) is 0.674. The highest BCUT2D eigenvalue weighted by molar-refractivity contribution is 7.89. The highest BCUT2D eigenvalue weighted by Gasteiger charge is 2.33. The fourth-order valence-corrected chi connectivity index (χ4v) is 4.14. The Labute approximate surface area is 124 Å². The third-order valence-corrected chi connectivity index (χ3v) is 5.77. The Balaban J connectivity index is 2.39. The van der Waals surface area contributed by atoms with E-state index in [1.165, 1.54) is 4.31 Å². The van der Waals surface area contributed by atoms with Crippen molar-refractivity contribution in [2.24, 2.45) is 5.73 Å². The standard InChI is InChI=1S/C13H18N2O3S2/c1-9-3-4-10(13(14)19)7-12(9)20(16,17)15-6-5-11(8-15)18-2/h3-4,7,11H,5-6,8H2,1-2H3,(H2,14,19). The summed E-state index contributed by atoms with van der Waals surface area (Å²) in [5, 5.41) is 0. The van der Waals surface area contributed by atoms with Gasteiger partial charge in [0.2, 0.25) is 10.0 Å². The Morgan fingerprint density at radius 3 is 2.75 bits per heavy atom. The van der Waals surface area contributed by atoms with E-state index in [2.05, 4.69) is 0 Å². The lowest BCUT2D eigenvalue weighted by atomic mass is 10.1. The van der Waals surface area contributed by atoms with Gasteiger partial charge in [-0.1, -0.05) is 24.4 Å². The number of benzene rings is 1. The molecule has 0 radical (unpaired) electrons. The normalized spacial score (nSPS) is 20.2. The molecule has 20 heavy (non-hydrogen) atoms. The molecule has 0 amide bonds. The van der Waals surface area contributed by atoms with Gasteiger partial charge in [0.1, 0.15) is 4.99 Å². The van der Waals surface area contributed by atoms with Gasteiger partial charge in [-0.25, -0.2) is 8.42 Å². The second kappa shape index (κ2) is 5.77. The molecule has 0 saturated carbocycles. The van der Waals surface area contributed by atoms with Crippen LogP contribution in [-0.4, -0.2) is 44.0 Å². The van der Waals surface area contributed by atoms with E-state index in [0.29, 0.717) is 30.6 Å². The first kappa shape index (κ1) is 15.4. The van der Waals surface area contributed by atoms with Crippen molar-refractivity contribution in [1.82, 2.24) is 4.31 Å². The average Bonchev–Trinajstić information content (AvgIpc) is 2.88. The first-order chi connectivity index (χ1) is 9.36. The molecule has 1 fully saturated rings. The molecule has 7 heteroatoms. The minimum Gasteiger partial charge on any atom is -0.389 e. The Kier molecular flexibility index (Phi) is 4.43. The number of hydrogen-bond donors (Lipinski definition) is 1. The molecule has 1 aliphatic heterocycles. The molecular weight excluding hydrogens is 296 g/mol. The lowest BCUT2D eigenvalue weighted by Gasteiger charge is -2.18. The number of nitrogens with two attached hydrogens (primary N) is 1. The van der Waals surface area contributed by atoms with Crippen molar-refractivity contribution in [3.8, 4) is 0 Å². The minimum atomic E-state index is -3.53. The molecular formula is C13H18N2O3S2. The predicted molar refractivity (Wildman–Crippen MR) is 81.2 cm³/mol. The number of ether oxygens (including phenoxy) is 1. The molecule has 0 aliphatic carbocycles. The van der Waals surface area contributed by atoms with Crippen molar-refractivity contribution in [3.05, 3.63) is 29.3 Å². The smallest absolute Gasteiger partial charge is 0.243 e. The van der Waals surface area contributed by atoms with Crippen LogP contribution in [0.25, 0.3) is 0 Å². The van der Waals surface area contributed by atoms with E-state index < -0.39 is 10.0 Å². The second-order valence-corrected chi connectivity index (χ2v) is 7.20. The Bertz CT molecular complexity index is 629. The average molecular weight is 314 g/mol. The molecule has 0 aromatic heterocycles.